The molecule has 2 atom stereocenters. The zero-order valence-electron chi connectivity index (χ0n) is 14.9. The maximum Gasteiger partial charge on any atom is 0.252 e. The van der Waals surface area contributed by atoms with E-state index in [1.807, 2.05) is 66.4 Å². The molecule has 1 amide bonds. The molecule has 0 saturated carbocycles. The Morgan fingerprint density at radius 1 is 1.15 bits per heavy atom. The van der Waals surface area contributed by atoms with Crippen LogP contribution in [0.5, 0.6) is 0 Å². The number of para-hydroxylation sites is 1. The first-order chi connectivity index (χ1) is 12.9. The summed E-state index contributed by atoms with van der Waals surface area (Å²) in [5.41, 5.74) is 2.91. The number of sulfone groups is 1. The van der Waals surface area contributed by atoms with Crippen molar-refractivity contribution in [3.05, 3.63) is 65.7 Å². The van der Waals surface area contributed by atoms with Crippen molar-refractivity contribution in [2.24, 2.45) is 4.99 Å². The van der Waals surface area contributed by atoms with Gasteiger partial charge < -0.3 is 4.90 Å². The Hall–Kier alpha value is -2.12. The van der Waals surface area contributed by atoms with Crippen LogP contribution in [0.15, 0.2) is 59.6 Å². The summed E-state index contributed by atoms with van der Waals surface area (Å²) in [4.78, 5) is 18.8. The lowest BCUT2D eigenvalue weighted by atomic mass is 10.1. The van der Waals surface area contributed by atoms with Gasteiger partial charge in [0.25, 0.3) is 5.91 Å². The molecule has 27 heavy (non-hydrogen) atoms. The number of aliphatic imine (C=N–C) groups is 1. The molecule has 4 rings (SSSR count). The van der Waals surface area contributed by atoms with Gasteiger partial charge in [0.15, 0.2) is 15.0 Å². The molecule has 0 bridgehead atoms. The number of carbonyl (C=O) groups is 1. The van der Waals surface area contributed by atoms with Crippen LogP contribution in [0.3, 0.4) is 0 Å². The van der Waals surface area contributed by atoms with E-state index in [1.165, 1.54) is 11.8 Å². The van der Waals surface area contributed by atoms with Crippen molar-refractivity contribution in [1.29, 1.82) is 0 Å². The van der Waals surface area contributed by atoms with Gasteiger partial charge in [-0.1, -0.05) is 59.8 Å². The van der Waals surface area contributed by atoms with Crippen LogP contribution in [0.25, 0.3) is 0 Å². The van der Waals surface area contributed by atoms with Crippen LogP contribution >= 0.6 is 11.8 Å². The molecule has 2 saturated heterocycles. The zero-order valence-corrected chi connectivity index (χ0v) is 16.5. The molecule has 0 unspecified atom stereocenters. The average Bonchev–Trinajstić information content (AvgIpc) is 3.06. The molecule has 2 aliphatic heterocycles. The van der Waals surface area contributed by atoms with Crippen LogP contribution < -0.4 is 4.90 Å². The lowest BCUT2D eigenvalue weighted by Gasteiger charge is -2.24. The Bertz CT molecular complexity index is 1000. The summed E-state index contributed by atoms with van der Waals surface area (Å²) in [5.74, 6) is 0.0216. The third-order valence-electron chi connectivity index (χ3n) is 4.76. The summed E-state index contributed by atoms with van der Waals surface area (Å²) in [7, 11) is -3.05. The largest absolute Gasteiger partial charge is 0.316 e. The normalized spacial score (nSPS) is 24.9. The molecule has 2 fully saturated rings. The summed E-state index contributed by atoms with van der Waals surface area (Å²) >= 11 is 1.40. The van der Waals surface area contributed by atoms with Gasteiger partial charge in [-0.25, -0.2) is 8.42 Å². The Morgan fingerprint density at radius 2 is 1.93 bits per heavy atom. The molecule has 0 aromatic heterocycles. The maximum absolute atomic E-state index is 12.6. The van der Waals surface area contributed by atoms with Gasteiger partial charge >= 0.3 is 0 Å². The highest BCUT2D eigenvalue weighted by molar-refractivity contribution is 8.16. The van der Waals surface area contributed by atoms with Gasteiger partial charge in [-0.05, 0) is 24.6 Å². The fraction of sp³-hybridized carbons (Fsp3) is 0.300. The summed E-state index contributed by atoms with van der Waals surface area (Å²) < 4.78 is 24.2. The van der Waals surface area contributed by atoms with Gasteiger partial charge in [-0.3, -0.25) is 4.79 Å². The van der Waals surface area contributed by atoms with E-state index in [-0.39, 0.29) is 35.1 Å². The predicted octanol–water partition coefficient (Wildman–Crippen LogP) is 2.84. The number of amides is 1. The number of nitrogens with zero attached hydrogens (tertiary/aromatic N) is 2. The number of rotatable bonds is 3. The number of anilines is 1. The van der Waals surface area contributed by atoms with E-state index in [2.05, 4.69) is 4.99 Å². The van der Waals surface area contributed by atoms with Crippen molar-refractivity contribution in [2.75, 3.05) is 16.4 Å². The molecule has 2 aliphatic rings. The molecule has 7 heteroatoms. The highest BCUT2D eigenvalue weighted by atomic mass is 32.2. The van der Waals surface area contributed by atoms with Gasteiger partial charge in [0.05, 0.1) is 24.0 Å². The van der Waals surface area contributed by atoms with Crippen molar-refractivity contribution >= 4 is 38.4 Å². The zero-order chi connectivity index (χ0) is 19.0. The molecule has 2 aromatic carbocycles. The minimum absolute atomic E-state index is 0.0827. The van der Waals surface area contributed by atoms with Gasteiger partial charge in [0.2, 0.25) is 0 Å². The maximum atomic E-state index is 12.6. The first kappa shape index (κ1) is 18.3. The SMILES string of the molecule is Cc1cccc(CC(=O)N=C2S[C@H]3CS(=O)(=O)C[C@@H]3N2c2ccccc2)c1. The van der Waals surface area contributed by atoms with E-state index >= 15 is 0 Å². The van der Waals surface area contributed by atoms with Gasteiger partial charge in [-0.15, -0.1) is 0 Å². The number of amidine groups is 1. The molecular formula is C20H20N2O3S2. The number of thioether (sulfide) groups is 1. The number of hydrogen-bond acceptors (Lipinski definition) is 4. The number of benzene rings is 2. The summed E-state index contributed by atoms with van der Waals surface area (Å²) in [6, 6.07) is 17.2. The predicted molar refractivity (Wildman–Crippen MR) is 110 cm³/mol. The lowest BCUT2D eigenvalue weighted by Crippen LogP contribution is -2.37. The molecule has 0 aliphatic carbocycles. The first-order valence-corrected chi connectivity index (χ1v) is 11.5. The van der Waals surface area contributed by atoms with E-state index in [9.17, 15) is 13.2 Å². The second kappa shape index (κ2) is 7.13. The van der Waals surface area contributed by atoms with Crippen LogP contribution in [0.4, 0.5) is 5.69 Å². The second-order valence-electron chi connectivity index (χ2n) is 6.96. The van der Waals surface area contributed by atoms with Crippen molar-refractivity contribution in [2.45, 2.75) is 24.6 Å². The number of hydrogen-bond donors (Lipinski definition) is 0. The van der Waals surface area contributed by atoms with Gasteiger partial charge in [0, 0.05) is 10.9 Å². The smallest absolute Gasteiger partial charge is 0.252 e. The Balaban J connectivity index is 1.62. The van der Waals surface area contributed by atoms with Crippen molar-refractivity contribution < 1.29 is 13.2 Å². The number of carbonyl (C=O) groups excluding carboxylic acids is 1. The second-order valence-corrected chi connectivity index (χ2v) is 10.3. The van der Waals surface area contributed by atoms with Crippen LogP contribution in [0.2, 0.25) is 0 Å². The standard InChI is InChI=1S/C20H20N2O3S2/c1-14-6-5-7-15(10-14)11-19(23)21-20-22(16-8-3-2-4-9-16)17-12-27(24,25)13-18(17)26-20/h2-10,17-18H,11-13H2,1H3/t17-,18-/m0/s1. The Kier molecular flexibility index (Phi) is 4.82. The molecule has 2 heterocycles. The molecule has 0 radical (unpaired) electrons. The summed E-state index contributed by atoms with van der Waals surface area (Å²) in [5, 5.41) is 0.518. The van der Waals surface area contributed by atoms with E-state index < -0.39 is 9.84 Å². The highest BCUT2D eigenvalue weighted by Gasteiger charge is 2.49. The van der Waals surface area contributed by atoms with Crippen LogP contribution in [-0.2, 0) is 21.1 Å². The van der Waals surface area contributed by atoms with E-state index in [0.717, 1.165) is 16.8 Å². The van der Waals surface area contributed by atoms with Crippen LogP contribution in [0.1, 0.15) is 11.1 Å². The molecule has 5 nitrogen and oxygen atoms in total. The topological polar surface area (TPSA) is 66.8 Å². The lowest BCUT2D eigenvalue weighted by molar-refractivity contribution is -0.117. The fourth-order valence-electron chi connectivity index (χ4n) is 3.60. The van der Waals surface area contributed by atoms with Crippen molar-refractivity contribution in [3.8, 4) is 0 Å². The van der Waals surface area contributed by atoms with Crippen molar-refractivity contribution in [1.82, 2.24) is 0 Å². The summed E-state index contributed by atoms with van der Waals surface area (Å²) in [6.45, 7) is 1.99. The minimum Gasteiger partial charge on any atom is -0.316 e. The minimum atomic E-state index is -3.05. The number of fused-ring (bicyclic) bond motifs is 1. The third kappa shape index (κ3) is 3.94. The van der Waals surface area contributed by atoms with E-state index in [4.69, 9.17) is 0 Å². The number of aryl methyl sites for hydroxylation is 1. The quantitative estimate of drug-likeness (QED) is 0.793. The average molecular weight is 401 g/mol. The Labute approximate surface area is 163 Å². The van der Waals surface area contributed by atoms with Crippen LogP contribution in [0, 0.1) is 6.92 Å². The van der Waals surface area contributed by atoms with E-state index in [1.54, 1.807) is 0 Å². The third-order valence-corrected chi connectivity index (χ3v) is 7.97. The van der Waals surface area contributed by atoms with Gasteiger partial charge in [-0.2, -0.15) is 4.99 Å². The highest BCUT2D eigenvalue weighted by Crippen LogP contribution is 2.40. The molecule has 2 aromatic rings. The molecule has 0 spiro atoms. The van der Waals surface area contributed by atoms with E-state index in [0.29, 0.717) is 5.17 Å². The van der Waals surface area contributed by atoms with Crippen molar-refractivity contribution in [3.63, 3.8) is 0 Å². The molecular weight excluding hydrogens is 380 g/mol. The molecule has 0 N–H and O–H groups in total. The fourth-order valence-corrected chi connectivity index (χ4v) is 7.53. The first-order valence-electron chi connectivity index (χ1n) is 8.80. The summed E-state index contributed by atoms with van der Waals surface area (Å²) in [6.07, 6.45) is 0.238. The van der Waals surface area contributed by atoms with Gasteiger partial charge in [0.1, 0.15) is 0 Å². The van der Waals surface area contributed by atoms with Crippen LogP contribution in [-0.4, -0.2) is 42.3 Å². The monoisotopic (exact) mass is 400 g/mol. The molecule has 140 valence electrons. The Morgan fingerprint density at radius 3 is 2.67 bits per heavy atom.